The summed E-state index contributed by atoms with van der Waals surface area (Å²) in [5.41, 5.74) is -3.80. The van der Waals surface area contributed by atoms with Crippen molar-refractivity contribution in [1.29, 1.82) is 0 Å². The molecule has 0 saturated carbocycles. The number of methoxy groups -OCH3 is 1. The van der Waals surface area contributed by atoms with E-state index in [4.69, 9.17) is 9.84 Å². The number of aliphatic hydroxyl groups excluding tert-OH is 1. The van der Waals surface area contributed by atoms with Gasteiger partial charge >= 0.3 is 5.51 Å². The number of thioether (sulfide) groups is 1. The summed E-state index contributed by atoms with van der Waals surface area (Å²) in [6.07, 6.45) is 1.34. The van der Waals surface area contributed by atoms with Crippen LogP contribution in [0.1, 0.15) is 12.0 Å². The molecule has 1 N–H and O–H groups in total. The molecule has 0 aliphatic rings. The van der Waals surface area contributed by atoms with E-state index in [1.165, 1.54) is 13.2 Å². The highest BCUT2D eigenvalue weighted by atomic mass is 32.2. The van der Waals surface area contributed by atoms with Gasteiger partial charge in [-0.25, -0.2) is 0 Å². The van der Waals surface area contributed by atoms with Crippen LogP contribution in [-0.2, 0) is 0 Å². The fraction of sp³-hybridized carbons (Fsp3) is 0.333. The molecule has 0 heterocycles. The van der Waals surface area contributed by atoms with Crippen molar-refractivity contribution in [1.82, 2.24) is 0 Å². The van der Waals surface area contributed by atoms with Crippen LogP contribution in [0.4, 0.5) is 13.2 Å². The van der Waals surface area contributed by atoms with E-state index in [1.807, 2.05) is 0 Å². The fourth-order valence-electron chi connectivity index (χ4n) is 1.37. The van der Waals surface area contributed by atoms with Gasteiger partial charge in [-0.3, -0.25) is 0 Å². The van der Waals surface area contributed by atoms with Gasteiger partial charge in [-0.2, -0.15) is 13.2 Å². The molecule has 0 aromatic heterocycles. The SMILES string of the molecule is COc1ccccc1/C=C(/CCO)SC(F)(F)F. The summed E-state index contributed by atoms with van der Waals surface area (Å²) in [5.74, 6) is 0.496. The second-order valence-corrected chi connectivity index (χ2v) is 4.57. The topological polar surface area (TPSA) is 29.5 Å². The maximum Gasteiger partial charge on any atom is 0.446 e. The molecular weight excluding hydrogens is 265 g/mol. The van der Waals surface area contributed by atoms with E-state index in [0.29, 0.717) is 11.3 Å². The lowest BCUT2D eigenvalue weighted by Gasteiger charge is -2.10. The van der Waals surface area contributed by atoms with Crippen molar-refractivity contribution in [3.05, 3.63) is 34.7 Å². The Morgan fingerprint density at radius 2 is 2.06 bits per heavy atom. The standard InChI is InChI=1S/C12H13F3O2S/c1-17-11-5-3-2-4-9(11)8-10(6-7-16)18-12(13,14)15/h2-5,8,16H,6-7H2,1H3/b10-8-. The lowest BCUT2D eigenvalue weighted by Crippen LogP contribution is -2.01. The second kappa shape index (κ2) is 6.70. The zero-order valence-corrected chi connectivity index (χ0v) is 10.5. The largest absolute Gasteiger partial charge is 0.496 e. The normalized spacial score (nSPS) is 12.6. The maximum atomic E-state index is 12.3. The Bertz CT molecular complexity index is 416. The molecule has 0 aliphatic heterocycles. The van der Waals surface area contributed by atoms with Gasteiger partial charge in [0.05, 0.1) is 7.11 Å². The van der Waals surface area contributed by atoms with Gasteiger partial charge in [0, 0.05) is 18.6 Å². The molecule has 1 aromatic rings. The first-order chi connectivity index (χ1) is 8.46. The Hall–Kier alpha value is -1.14. The van der Waals surface area contributed by atoms with E-state index in [9.17, 15) is 13.2 Å². The van der Waals surface area contributed by atoms with Crippen LogP contribution in [0.15, 0.2) is 29.2 Å². The summed E-state index contributed by atoms with van der Waals surface area (Å²) in [4.78, 5) is 0.0505. The van der Waals surface area contributed by atoms with Gasteiger partial charge in [0.25, 0.3) is 0 Å². The monoisotopic (exact) mass is 278 g/mol. The number of rotatable bonds is 5. The Balaban J connectivity index is 3.00. The molecule has 0 fully saturated rings. The van der Waals surface area contributed by atoms with Crippen LogP contribution in [0.5, 0.6) is 5.75 Å². The number of ether oxygens (including phenoxy) is 1. The van der Waals surface area contributed by atoms with Crippen molar-refractivity contribution >= 4 is 17.8 Å². The number of alkyl halides is 3. The minimum absolute atomic E-state index is 0.0395. The van der Waals surface area contributed by atoms with Gasteiger partial charge in [-0.1, -0.05) is 18.2 Å². The fourth-order valence-corrected chi connectivity index (χ4v) is 2.05. The zero-order chi connectivity index (χ0) is 13.6. The summed E-state index contributed by atoms with van der Waals surface area (Å²) in [5, 5.41) is 8.79. The highest BCUT2D eigenvalue weighted by Crippen LogP contribution is 2.39. The van der Waals surface area contributed by atoms with E-state index in [1.54, 1.807) is 24.3 Å². The second-order valence-electron chi connectivity index (χ2n) is 3.37. The third-order valence-electron chi connectivity index (χ3n) is 2.06. The van der Waals surface area contributed by atoms with Crippen molar-refractivity contribution in [2.45, 2.75) is 11.9 Å². The first kappa shape index (κ1) is 14.9. The molecule has 18 heavy (non-hydrogen) atoms. The summed E-state index contributed by atoms with van der Waals surface area (Å²) >= 11 is -0.214. The van der Waals surface area contributed by atoms with Gasteiger partial charge in [0.15, 0.2) is 0 Å². The molecule has 0 aliphatic carbocycles. The van der Waals surface area contributed by atoms with E-state index in [-0.39, 0.29) is 29.7 Å². The number of hydrogen-bond donors (Lipinski definition) is 1. The van der Waals surface area contributed by atoms with Gasteiger partial charge in [0.2, 0.25) is 0 Å². The van der Waals surface area contributed by atoms with Crippen LogP contribution < -0.4 is 4.74 Å². The van der Waals surface area contributed by atoms with Crippen molar-refractivity contribution in [2.24, 2.45) is 0 Å². The Labute approximate surface area is 107 Å². The van der Waals surface area contributed by atoms with Crippen LogP contribution in [0.3, 0.4) is 0 Å². The lowest BCUT2D eigenvalue weighted by molar-refractivity contribution is -0.0322. The van der Waals surface area contributed by atoms with E-state index in [0.717, 1.165) is 0 Å². The molecular formula is C12H13F3O2S. The molecule has 0 saturated heterocycles. The minimum atomic E-state index is -4.36. The van der Waals surface area contributed by atoms with Crippen molar-refractivity contribution in [2.75, 3.05) is 13.7 Å². The Morgan fingerprint density at radius 3 is 2.61 bits per heavy atom. The molecule has 0 radical (unpaired) electrons. The first-order valence-corrected chi connectivity index (χ1v) is 5.98. The van der Waals surface area contributed by atoms with Crippen LogP contribution in [-0.4, -0.2) is 24.3 Å². The third-order valence-corrected chi connectivity index (χ3v) is 2.88. The molecule has 0 atom stereocenters. The van der Waals surface area contributed by atoms with Gasteiger partial charge in [-0.05, 0) is 28.8 Å². The molecule has 0 bridgehead atoms. The summed E-state index contributed by atoms with van der Waals surface area (Å²) in [7, 11) is 1.45. The highest BCUT2D eigenvalue weighted by molar-refractivity contribution is 8.04. The molecule has 0 spiro atoms. The van der Waals surface area contributed by atoms with E-state index >= 15 is 0 Å². The van der Waals surface area contributed by atoms with Crippen LogP contribution >= 0.6 is 11.8 Å². The van der Waals surface area contributed by atoms with Crippen LogP contribution in [0.25, 0.3) is 6.08 Å². The van der Waals surface area contributed by atoms with Crippen molar-refractivity contribution < 1.29 is 23.0 Å². The molecule has 100 valence electrons. The molecule has 0 amide bonds. The maximum absolute atomic E-state index is 12.3. The lowest BCUT2D eigenvalue weighted by atomic mass is 10.2. The van der Waals surface area contributed by atoms with Crippen molar-refractivity contribution in [3.63, 3.8) is 0 Å². The minimum Gasteiger partial charge on any atom is -0.496 e. The molecule has 1 rings (SSSR count). The van der Waals surface area contributed by atoms with Gasteiger partial charge in [0.1, 0.15) is 5.75 Å². The number of benzene rings is 1. The smallest absolute Gasteiger partial charge is 0.446 e. The highest BCUT2D eigenvalue weighted by Gasteiger charge is 2.30. The first-order valence-electron chi connectivity index (χ1n) is 5.16. The third kappa shape index (κ3) is 5.01. The van der Waals surface area contributed by atoms with Gasteiger partial charge in [-0.15, -0.1) is 0 Å². The summed E-state index contributed by atoms with van der Waals surface area (Å²) in [6, 6.07) is 6.77. The average molecular weight is 278 g/mol. The number of hydrogen-bond acceptors (Lipinski definition) is 3. The number of aliphatic hydroxyl groups is 1. The predicted octanol–water partition coefficient (Wildman–Crippen LogP) is 3.67. The predicted molar refractivity (Wildman–Crippen MR) is 66.3 cm³/mol. The van der Waals surface area contributed by atoms with Gasteiger partial charge < -0.3 is 9.84 Å². The number of para-hydroxylation sites is 1. The van der Waals surface area contributed by atoms with E-state index in [2.05, 4.69) is 0 Å². The summed E-state index contributed by atoms with van der Waals surface area (Å²) < 4.78 is 42.0. The quantitative estimate of drug-likeness (QED) is 0.891. The molecule has 1 aromatic carbocycles. The summed E-state index contributed by atoms with van der Waals surface area (Å²) in [6.45, 7) is -0.329. The van der Waals surface area contributed by atoms with Crippen LogP contribution in [0, 0.1) is 0 Å². The van der Waals surface area contributed by atoms with Crippen LogP contribution in [0.2, 0.25) is 0 Å². The Morgan fingerprint density at radius 1 is 1.39 bits per heavy atom. The number of halogens is 3. The molecule has 2 nitrogen and oxygen atoms in total. The molecule has 6 heteroatoms. The van der Waals surface area contributed by atoms with Crippen molar-refractivity contribution in [3.8, 4) is 5.75 Å². The zero-order valence-electron chi connectivity index (χ0n) is 9.70. The Kier molecular flexibility index (Phi) is 5.55. The average Bonchev–Trinajstić information content (AvgIpc) is 2.28. The molecule has 0 unspecified atom stereocenters. The van der Waals surface area contributed by atoms with E-state index < -0.39 is 5.51 Å².